The molecule has 0 amide bonds. The number of rotatable bonds is 8. The van der Waals surface area contributed by atoms with Crippen molar-refractivity contribution in [2.24, 2.45) is 5.92 Å². The second kappa shape index (κ2) is 8.84. The molecule has 0 heterocycles. The zero-order valence-electron chi connectivity index (χ0n) is 13.9. The van der Waals surface area contributed by atoms with Crippen LogP contribution < -0.4 is 4.72 Å². The van der Waals surface area contributed by atoms with Crippen LogP contribution in [0.1, 0.15) is 52.4 Å². The van der Waals surface area contributed by atoms with E-state index in [9.17, 15) is 13.2 Å². The van der Waals surface area contributed by atoms with Crippen LogP contribution in [0.3, 0.4) is 0 Å². The number of hydrogen-bond acceptors (Lipinski definition) is 5. The predicted molar refractivity (Wildman–Crippen MR) is 85.0 cm³/mol. The van der Waals surface area contributed by atoms with Gasteiger partial charge in [0.1, 0.15) is 5.54 Å². The van der Waals surface area contributed by atoms with Gasteiger partial charge in [0, 0.05) is 6.61 Å². The summed E-state index contributed by atoms with van der Waals surface area (Å²) >= 11 is 0. The lowest BCUT2D eigenvalue weighted by Gasteiger charge is -2.31. The molecule has 0 aromatic rings. The van der Waals surface area contributed by atoms with Crippen molar-refractivity contribution in [2.45, 2.75) is 57.9 Å². The molecule has 1 saturated carbocycles. The summed E-state index contributed by atoms with van der Waals surface area (Å²) in [5.74, 6) is -0.653. The van der Waals surface area contributed by atoms with Crippen molar-refractivity contribution in [3.05, 3.63) is 0 Å². The minimum atomic E-state index is -3.57. The van der Waals surface area contributed by atoms with Crippen molar-refractivity contribution < 1.29 is 22.7 Å². The van der Waals surface area contributed by atoms with Crippen molar-refractivity contribution in [1.29, 1.82) is 0 Å². The lowest BCUT2D eigenvalue weighted by Crippen LogP contribution is -2.55. The average molecular weight is 335 g/mol. The van der Waals surface area contributed by atoms with E-state index in [4.69, 9.17) is 9.47 Å². The molecular formula is C15H29NO5S. The summed E-state index contributed by atoms with van der Waals surface area (Å²) in [7, 11) is -2.26. The topological polar surface area (TPSA) is 81.7 Å². The van der Waals surface area contributed by atoms with Gasteiger partial charge in [-0.25, -0.2) is 8.42 Å². The lowest BCUT2D eigenvalue weighted by molar-refractivity contribution is -0.148. The van der Waals surface area contributed by atoms with Crippen molar-refractivity contribution in [3.8, 4) is 0 Å². The Morgan fingerprint density at radius 2 is 1.82 bits per heavy atom. The summed E-state index contributed by atoms with van der Waals surface area (Å²) in [4.78, 5) is 12.2. The third-order valence-electron chi connectivity index (χ3n) is 3.99. The number of esters is 1. The highest BCUT2D eigenvalue weighted by molar-refractivity contribution is 7.89. The normalized spacial score (nSPS) is 20.1. The molecule has 1 unspecified atom stereocenters. The van der Waals surface area contributed by atoms with E-state index < -0.39 is 21.5 Å². The maximum absolute atomic E-state index is 12.4. The highest BCUT2D eigenvalue weighted by atomic mass is 32.2. The molecule has 0 aromatic heterocycles. The van der Waals surface area contributed by atoms with Crippen LogP contribution in [0.2, 0.25) is 0 Å². The molecule has 0 radical (unpaired) electrons. The van der Waals surface area contributed by atoms with E-state index in [1.165, 1.54) is 7.11 Å². The molecule has 6 nitrogen and oxygen atoms in total. The maximum atomic E-state index is 12.4. The van der Waals surface area contributed by atoms with E-state index in [0.717, 1.165) is 25.7 Å². The minimum Gasteiger partial charge on any atom is -0.468 e. The molecular weight excluding hydrogens is 306 g/mol. The zero-order chi connectivity index (χ0) is 16.6. The minimum absolute atomic E-state index is 0.0499. The van der Waals surface area contributed by atoms with Gasteiger partial charge in [-0.2, -0.15) is 4.72 Å². The van der Waals surface area contributed by atoms with Gasteiger partial charge in [0.15, 0.2) is 0 Å². The third-order valence-corrected chi connectivity index (χ3v) is 5.70. The summed E-state index contributed by atoms with van der Waals surface area (Å²) in [5, 5.41) is 0. The lowest BCUT2D eigenvalue weighted by atomic mass is 9.92. The van der Waals surface area contributed by atoms with Crippen LogP contribution in [0.25, 0.3) is 0 Å². The first-order valence-electron chi connectivity index (χ1n) is 8.03. The molecule has 0 saturated heterocycles. The fourth-order valence-electron chi connectivity index (χ4n) is 2.96. The van der Waals surface area contributed by atoms with Gasteiger partial charge < -0.3 is 9.47 Å². The monoisotopic (exact) mass is 335 g/mol. The van der Waals surface area contributed by atoms with E-state index in [2.05, 4.69) is 4.72 Å². The van der Waals surface area contributed by atoms with Crippen molar-refractivity contribution >= 4 is 16.0 Å². The van der Waals surface area contributed by atoms with Crippen LogP contribution in [0, 0.1) is 5.92 Å². The third kappa shape index (κ3) is 5.85. The Morgan fingerprint density at radius 3 is 2.32 bits per heavy atom. The molecule has 0 bridgehead atoms. The maximum Gasteiger partial charge on any atom is 0.327 e. The van der Waals surface area contributed by atoms with Gasteiger partial charge in [0.05, 0.1) is 19.5 Å². The van der Waals surface area contributed by atoms with Gasteiger partial charge in [0.2, 0.25) is 10.0 Å². The SMILES string of the molecule is CCOCC(C)CS(=O)(=O)NC1(C(=O)OC)CCCCCC1. The van der Waals surface area contributed by atoms with E-state index in [0.29, 0.717) is 26.1 Å². The van der Waals surface area contributed by atoms with Crippen molar-refractivity contribution in [3.63, 3.8) is 0 Å². The molecule has 0 spiro atoms. The summed E-state index contributed by atoms with van der Waals surface area (Å²) in [6.07, 6.45) is 4.68. The van der Waals surface area contributed by atoms with Crippen molar-refractivity contribution in [2.75, 3.05) is 26.1 Å². The quantitative estimate of drug-likeness (QED) is 0.541. The van der Waals surface area contributed by atoms with Crippen LogP contribution in [0.15, 0.2) is 0 Å². The Morgan fingerprint density at radius 1 is 1.23 bits per heavy atom. The Bertz CT molecular complexity index is 441. The summed E-state index contributed by atoms with van der Waals surface area (Å²) < 4.78 is 37.7. The first kappa shape index (κ1) is 19.4. The second-order valence-corrected chi connectivity index (χ2v) is 7.90. The highest BCUT2D eigenvalue weighted by Gasteiger charge is 2.43. The van der Waals surface area contributed by atoms with E-state index in [1.807, 2.05) is 13.8 Å². The molecule has 0 aliphatic heterocycles. The Labute approximate surface area is 134 Å². The van der Waals surface area contributed by atoms with Crippen LogP contribution in [-0.2, 0) is 24.3 Å². The Hall–Kier alpha value is -0.660. The molecule has 22 heavy (non-hydrogen) atoms. The number of hydrogen-bond donors (Lipinski definition) is 1. The smallest absolute Gasteiger partial charge is 0.327 e. The summed E-state index contributed by atoms with van der Waals surface area (Å²) in [5.41, 5.74) is -1.10. The molecule has 0 aromatic carbocycles. The van der Waals surface area contributed by atoms with Crippen LogP contribution >= 0.6 is 0 Å². The molecule has 130 valence electrons. The van der Waals surface area contributed by atoms with Gasteiger partial charge in [-0.15, -0.1) is 0 Å². The number of carbonyl (C=O) groups excluding carboxylic acids is 1. The molecule has 1 aliphatic carbocycles. The number of carbonyl (C=O) groups is 1. The van der Waals surface area contributed by atoms with Crippen LogP contribution in [-0.4, -0.2) is 46.0 Å². The van der Waals surface area contributed by atoms with Gasteiger partial charge in [-0.1, -0.05) is 32.6 Å². The number of ether oxygens (including phenoxy) is 2. The van der Waals surface area contributed by atoms with Gasteiger partial charge in [-0.05, 0) is 25.7 Å². The standard InChI is InChI=1S/C15H29NO5S/c1-4-21-11-13(2)12-22(18,19)16-15(14(17)20-3)9-7-5-6-8-10-15/h13,16H,4-12H2,1-3H3. The largest absolute Gasteiger partial charge is 0.468 e. The molecule has 1 atom stereocenters. The first-order valence-corrected chi connectivity index (χ1v) is 9.68. The molecule has 1 aliphatic rings. The van der Waals surface area contributed by atoms with Crippen LogP contribution in [0.5, 0.6) is 0 Å². The molecule has 7 heteroatoms. The Kier molecular flexibility index (Phi) is 7.79. The average Bonchev–Trinajstić information content (AvgIpc) is 2.69. The zero-order valence-corrected chi connectivity index (χ0v) is 14.7. The van der Waals surface area contributed by atoms with Crippen LogP contribution in [0.4, 0.5) is 0 Å². The van der Waals surface area contributed by atoms with E-state index in [-0.39, 0.29) is 11.7 Å². The number of methoxy groups -OCH3 is 1. The molecule has 1 fully saturated rings. The fourth-order valence-corrected chi connectivity index (χ4v) is 4.77. The summed E-state index contributed by atoms with van der Waals surface area (Å²) in [6.45, 7) is 4.65. The van der Waals surface area contributed by atoms with Crippen molar-refractivity contribution in [1.82, 2.24) is 4.72 Å². The fraction of sp³-hybridized carbons (Fsp3) is 0.933. The molecule has 1 N–H and O–H groups in total. The van der Waals surface area contributed by atoms with E-state index in [1.54, 1.807) is 0 Å². The van der Waals surface area contributed by atoms with E-state index >= 15 is 0 Å². The summed E-state index contributed by atoms with van der Waals surface area (Å²) in [6, 6.07) is 0. The number of sulfonamides is 1. The predicted octanol–water partition coefficient (Wildman–Crippen LogP) is 1.84. The molecule has 1 rings (SSSR count). The highest BCUT2D eigenvalue weighted by Crippen LogP contribution is 2.29. The second-order valence-electron chi connectivity index (χ2n) is 6.14. The van der Waals surface area contributed by atoms with Gasteiger partial charge in [0.25, 0.3) is 0 Å². The van der Waals surface area contributed by atoms with Gasteiger partial charge in [-0.3, -0.25) is 4.79 Å². The van der Waals surface area contributed by atoms with Gasteiger partial charge >= 0.3 is 5.97 Å². The Balaban J connectivity index is 2.81. The number of nitrogens with one attached hydrogen (secondary N) is 1. The first-order chi connectivity index (χ1) is 10.4.